The third-order valence-electron chi connectivity index (χ3n) is 4.80. The van der Waals surface area contributed by atoms with E-state index in [1.807, 2.05) is 18.4 Å². The Hall–Kier alpha value is -0.450. The van der Waals surface area contributed by atoms with Crippen LogP contribution in [0.1, 0.15) is 54.1 Å². The largest absolute Gasteiger partial charge is 0.379 e. The fourth-order valence-electron chi connectivity index (χ4n) is 3.64. The molecule has 2 unspecified atom stereocenters. The number of likely N-dealkylation sites (N-methyl/N-ethyl adjacent to an activating group) is 1. The molecule has 2 atom stereocenters. The molecule has 0 saturated heterocycles. The molecule has 0 amide bonds. The lowest BCUT2D eigenvalue weighted by molar-refractivity contribution is -0.0119. The summed E-state index contributed by atoms with van der Waals surface area (Å²) in [5.74, 6) is 0. The zero-order valence-corrected chi connectivity index (χ0v) is 12.8. The second-order valence-corrected chi connectivity index (χ2v) is 6.87. The monoisotopic (exact) mass is 280 g/mol. The van der Waals surface area contributed by atoms with E-state index in [4.69, 9.17) is 9.72 Å². The fraction of sp³-hybridized carbons (Fsp3) is 0.800. The first-order valence-electron chi connectivity index (χ1n) is 7.51. The molecule has 2 aliphatic rings. The molecule has 1 saturated carbocycles. The summed E-state index contributed by atoms with van der Waals surface area (Å²) >= 11 is 1.93. The van der Waals surface area contributed by atoms with Crippen molar-refractivity contribution >= 4 is 11.3 Å². The molecule has 1 N–H and O–H groups in total. The summed E-state index contributed by atoms with van der Waals surface area (Å²) in [5.41, 5.74) is 1.32. The van der Waals surface area contributed by atoms with Gasteiger partial charge in [0.05, 0.1) is 17.3 Å². The summed E-state index contributed by atoms with van der Waals surface area (Å²) in [6, 6.07) is 0. The predicted octanol–water partition coefficient (Wildman–Crippen LogP) is 3.03. The Bertz CT molecular complexity index is 422. The molecule has 0 radical (unpaired) electrons. The number of methoxy groups -OCH3 is 1. The topological polar surface area (TPSA) is 34.2 Å². The molecule has 0 aromatic carbocycles. The van der Waals surface area contributed by atoms with E-state index >= 15 is 0 Å². The Labute approximate surface area is 119 Å². The van der Waals surface area contributed by atoms with Gasteiger partial charge in [0.25, 0.3) is 0 Å². The van der Waals surface area contributed by atoms with Crippen molar-refractivity contribution in [1.29, 1.82) is 0 Å². The van der Waals surface area contributed by atoms with Gasteiger partial charge in [-0.15, -0.1) is 11.3 Å². The smallest absolute Gasteiger partial charge is 0.116 e. The van der Waals surface area contributed by atoms with E-state index in [2.05, 4.69) is 12.4 Å². The number of ether oxygens (including phenoxy) is 1. The van der Waals surface area contributed by atoms with Crippen LogP contribution in [0.2, 0.25) is 0 Å². The molecule has 2 aliphatic carbocycles. The summed E-state index contributed by atoms with van der Waals surface area (Å²) in [5, 5.41) is 4.84. The van der Waals surface area contributed by atoms with Crippen molar-refractivity contribution in [2.75, 3.05) is 14.2 Å². The minimum Gasteiger partial charge on any atom is -0.379 e. The second kappa shape index (κ2) is 5.51. The molecule has 4 heteroatoms. The third-order valence-corrected chi connectivity index (χ3v) is 6.13. The van der Waals surface area contributed by atoms with Gasteiger partial charge in [-0.3, -0.25) is 0 Å². The Morgan fingerprint density at radius 1 is 1.26 bits per heavy atom. The van der Waals surface area contributed by atoms with Crippen molar-refractivity contribution in [3.05, 3.63) is 15.6 Å². The average molecular weight is 280 g/mol. The highest BCUT2D eigenvalue weighted by molar-refractivity contribution is 7.11. The number of nitrogens with one attached hydrogen (secondary N) is 1. The number of hydrogen-bond acceptors (Lipinski definition) is 4. The first-order chi connectivity index (χ1) is 9.30. The van der Waals surface area contributed by atoms with E-state index in [1.54, 1.807) is 0 Å². The number of rotatable bonds is 3. The average Bonchev–Trinajstić information content (AvgIpc) is 2.91. The van der Waals surface area contributed by atoms with E-state index < -0.39 is 0 Å². The number of fused-ring (bicyclic) bond motifs is 1. The quantitative estimate of drug-likeness (QED) is 0.924. The maximum Gasteiger partial charge on any atom is 0.116 e. The Morgan fingerprint density at radius 3 is 2.84 bits per heavy atom. The van der Waals surface area contributed by atoms with Crippen LogP contribution in [0, 0.1) is 0 Å². The van der Waals surface area contributed by atoms with Gasteiger partial charge in [-0.1, -0.05) is 12.8 Å². The minimum absolute atomic E-state index is 0.0466. The Balaban J connectivity index is 1.98. The van der Waals surface area contributed by atoms with Gasteiger partial charge in [0, 0.05) is 12.0 Å². The molecular formula is C15H24N2OS. The number of thiazole rings is 1. The summed E-state index contributed by atoms with van der Waals surface area (Å²) in [6.45, 7) is 0. The molecule has 3 nitrogen and oxygen atoms in total. The zero-order valence-electron chi connectivity index (χ0n) is 12.0. The molecule has 106 valence electrons. The normalized spacial score (nSPS) is 31.2. The molecule has 1 aromatic rings. The van der Waals surface area contributed by atoms with Crippen LogP contribution in [0.4, 0.5) is 0 Å². The van der Waals surface area contributed by atoms with Gasteiger partial charge in [0.1, 0.15) is 5.01 Å². The van der Waals surface area contributed by atoms with Crippen LogP contribution in [0.25, 0.3) is 0 Å². The van der Waals surface area contributed by atoms with Crippen LogP contribution < -0.4 is 5.32 Å². The third kappa shape index (κ3) is 2.24. The minimum atomic E-state index is -0.0466. The van der Waals surface area contributed by atoms with Crippen molar-refractivity contribution in [1.82, 2.24) is 10.3 Å². The van der Waals surface area contributed by atoms with Crippen LogP contribution >= 0.6 is 11.3 Å². The van der Waals surface area contributed by atoms with Crippen LogP contribution in [0.5, 0.6) is 0 Å². The molecule has 0 spiro atoms. The first-order valence-corrected chi connectivity index (χ1v) is 8.32. The van der Waals surface area contributed by atoms with Gasteiger partial charge in [-0.05, 0) is 45.6 Å². The number of nitrogens with zero attached hydrogens (tertiary/aromatic N) is 1. The number of aryl methyl sites for hydroxylation is 2. The lowest BCUT2D eigenvalue weighted by atomic mass is 9.79. The number of aromatic nitrogens is 1. The second-order valence-electron chi connectivity index (χ2n) is 5.79. The Kier molecular flexibility index (Phi) is 3.92. The van der Waals surface area contributed by atoms with Gasteiger partial charge in [0.15, 0.2) is 0 Å². The lowest BCUT2D eigenvalue weighted by Crippen LogP contribution is -2.52. The van der Waals surface area contributed by atoms with Gasteiger partial charge in [0.2, 0.25) is 0 Å². The van der Waals surface area contributed by atoms with Crippen LogP contribution in [-0.4, -0.2) is 25.2 Å². The van der Waals surface area contributed by atoms with Gasteiger partial charge < -0.3 is 10.1 Å². The van der Waals surface area contributed by atoms with E-state index in [0.717, 1.165) is 12.8 Å². The van der Waals surface area contributed by atoms with Gasteiger partial charge >= 0.3 is 0 Å². The SMILES string of the molecule is CNC1(c2nc3c(s2)CCCC3)CCCCC1OC. The van der Waals surface area contributed by atoms with E-state index in [-0.39, 0.29) is 11.6 Å². The maximum absolute atomic E-state index is 5.79. The molecule has 1 aromatic heterocycles. The molecule has 0 aliphatic heterocycles. The van der Waals surface area contributed by atoms with Crippen LogP contribution in [0.15, 0.2) is 0 Å². The highest BCUT2D eigenvalue weighted by Gasteiger charge is 2.44. The maximum atomic E-state index is 5.79. The molecule has 3 rings (SSSR count). The van der Waals surface area contributed by atoms with Gasteiger partial charge in [-0.2, -0.15) is 0 Å². The van der Waals surface area contributed by atoms with E-state index in [0.29, 0.717) is 0 Å². The van der Waals surface area contributed by atoms with Crippen molar-refractivity contribution in [3.63, 3.8) is 0 Å². The predicted molar refractivity (Wildman–Crippen MR) is 78.8 cm³/mol. The molecule has 19 heavy (non-hydrogen) atoms. The molecule has 1 heterocycles. The van der Waals surface area contributed by atoms with Crippen molar-refractivity contribution in [2.24, 2.45) is 0 Å². The summed E-state index contributed by atoms with van der Waals surface area (Å²) in [4.78, 5) is 6.52. The van der Waals surface area contributed by atoms with Crippen LogP contribution in [-0.2, 0) is 23.1 Å². The van der Waals surface area contributed by atoms with Crippen molar-refractivity contribution in [3.8, 4) is 0 Å². The highest BCUT2D eigenvalue weighted by atomic mass is 32.1. The lowest BCUT2D eigenvalue weighted by Gasteiger charge is -2.41. The van der Waals surface area contributed by atoms with Crippen LogP contribution in [0.3, 0.4) is 0 Å². The highest BCUT2D eigenvalue weighted by Crippen LogP contribution is 2.42. The zero-order chi connectivity index (χ0) is 13.3. The molecular weight excluding hydrogens is 256 g/mol. The van der Waals surface area contributed by atoms with E-state index in [1.165, 1.54) is 54.1 Å². The van der Waals surface area contributed by atoms with E-state index in [9.17, 15) is 0 Å². The van der Waals surface area contributed by atoms with Gasteiger partial charge in [-0.25, -0.2) is 4.98 Å². The Morgan fingerprint density at radius 2 is 2.11 bits per heavy atom. The van der Waals surface area contributed by atoms with Crippen molar-refractivity contribution in [2.45, 2.75) is 63.0 Å². The fourth-order valence-corrected chi connectivity index (χ4v) is 5.06. The summed E-state index contributed by atoms with van der Waals surface area (Å²) in [7, 11) is 3.91. The van der Waals surface area contributed by atoms with Crippen molar-refractivity contribution < 1.29 is 4.74 Å². The number of hydrogen-bond donors (Lipinski definition) is 1. The molecule has 1 fully saturated rings. The standard InChI is InChI=1S/C15H24N2OS/c1-16-15(10-6-5-9-13(15)18-2)14-17-11-7-3-4-8-12(11)19-14/h13,16H,3-10H2,1-2H3. The molecule has 0 bridgehead atoms. The summed E-state index contributed by atoms with van der Waals surface area (Å²) in [6.07, 6.45) is 10.1. The first kappa shape index (κ1) is 13.5. The summed E-state index contributed by atoms with van der Waals surface area (Å²) < 4.78 is 5.79.